The summed E-state index contributed by atoms with van der Waals surface area (Å²) in [5.41, 5.74) is 0.333. The molecule has 1 N–H and O–H groups in total. The zero-order chi connectivity index (χ0) is 9.26. The summed E-state index contributed by atoms with van der Waals surface area (Å²) >= 11 is 0. The molecule has 0 saturated carbocycles. The molecule has 0 saturated heterocycles. The predicted octanol–water partition coefficient (Wildman–Crippen LogP) is -0.248. The van der Waals surface area contributed by atoms with Gasteiger partial charge in [-0.05, 0) is 0 Å². The van der Waals surface area contributed by atoms with Crippen LogP contribution in [-0.2, 0) is 11.3 Å². The summed E-state index contributed by atoms with van der Waals surface area (Å²) in [5.74, 6) is 0.658. The van der Waals surface area contributed by atoms with Gasteiger partial charge in [-0.1, -0.05) is 0 Å². The van der Waals surface area contributed by atoms with Gasteiger partial charge in [-0.3, -0.25) is 9.59 Å². The van der Waals surface area contributed by atoms with Gasteiger partial charge in [0.25, 0.3) is 5.56 Å². The van der Waals surface area contributed by atoms with E-state index >= 15 is 0 Å². The summed E-state index contributed by atoms with van der Waals surface area (Å²) in [6.45, 7) is 0.457. The Balaban J connectivity index is 2.43. The van der Waals surface area contributed by atoms with E-state index < -0.39 is 0 Å². The fourth-order valence-corrected chi connectivity index (χ4v) is 1.16. The molecule has 1 aliphatic rings. The van der Waals surface area contributed by atoms with Crippen LogP contribution in [0.2, 0.25) is 0 Å². The normalized spacial score (nSPS) is 14.0. The summed E-state index contributed by atoms with van der Waals surface area (Å²) < 4.78 is 1.70. The van der Waals surface area contributed by atoms with E-state index in [1.807, 2.05) is 0 Å². The first kappa shape index (κ1) is 7.72. The van der Waals surface area contributed by atoms with Crippen LogP contribution in [0, 0.1) is 0 Å². The third-order valence-electron chi connectivity index (χ3n) is 1.80. The van der Waals surface area contributed by atoms with Gasteiger partial charge in [-0.25, -0.2) is 0 Å². The number of rotatable bonds is 1. The molecule has 5 nitrogen and oxygen atoms in total. The van der Waals surface area contributed by atoms with Crippen LogP contribution >= 0.6 is 0 Å². The number of hydrogen-bond donors (Lipinski definition) is 1. The third-order valence-corrected chi connectivity index (χ3v) is 1.80. The van der Waals surface area contributed by atoms with Crippen LogP contribution in [0.5, 0.6) is 0 Å². The SMILES string of the molecule is O=CC1=CNc2cc(=O)ncn2C1. The third kappa shape index (κ3) is 1.35. The summed E-state index contributed by atoms with van der Waals surface area (Å²) in [6, 6.07) is 1.39. The average Bonchev–Trinajstić information content (AvgIpc) is 2.17. The zero-order valence-corrected chi connectivity index (χ0v) is 6.73. The van der Waals surface area contributed by atoms with Gasteiger partial charge < -0.3 is 9.88 Å². The maximum absolute atomic E-state index is 10.8. The lowest BCUT2D eigenvalue weighted by Crippen LogP contribution is -2.19. The second kappa shape index (κ2) is 2.85. The number of anilines is 1. The van der Waals surface area contributed by atoms with Gasteiger partial charge in [-0.2, -0.15) is 4.98 Å². The van der Waals surface area contributed by atoms with Crippen molar-refractivity contribution in [1.82, 2.24) is 9.55 Å². The van der Waals surface area contributed by atoms with Crippen LogP contribution in [0.15, 0.2) is 29.0 Å². The van der Waals surface area contributed by atoms with E-state index in [0.717, 1.165) is 6.29 Å². The lowest BCUT2D eigenvalue weighted by molar-refractivity contribution is -0.105. The topological polar surface area (TPSA) is 64.0 Å². The summed E-state index contributed by atoms with van der Waals surface area (Å²) in [6.07, 6.45) is 3.77. The molecule has 0 unspecified atom stereocenters. The molecular formula is C8H7N3O2. The smallest absolute Gasteiger partial charge is 0.274 e. The van der Waals surface area contributed by atoms with E-state index in [9.17, 15) is 9.59 Å². The molecule has 0 radical (unpaired) electrons. The van der Waals surface area contributed by atoms with E-state index in [2.05, 4.69) is 10.3 Å². The van der Waals surface area contributed by atoms with Crippen molar-refractivity contribution in [3.63, 3.8) is 0 Å². The molecule has 0 aliphatic carbocycles. The average molecular weight is 177 g/mol. The minimum Gasteiger partial charge on any atom is -0.347 e. The van der Waals surface area contributed by atoms with Crippen molar-refractivity contribution in [2.24, 2.45) is 0 Å². The second-order valence-electron chi connectivity index (χ2n) is 2.72. The predicted molar refractivity (Wildman–Crippen MR) is 46.3 cm³/mol. The molecule has 5 heteroatoms. The highest BCUT2D eigenvalue weighted by Crippen LogP contribution is 2.11. The largest absolute Gasteiger partial charge is 0.347 e. The Hall–Kier alpha value is -1.91. The number of aldehydes is 1. The lowest BCUT2D eigenvalue weighted by Gasteiger charge is -2.16. The Kier molecular flexibility index (Phi) is 1.70. The monoisotopic (exact) mass is 177 g/mol. The van der Waals surface area contributed by atoms with Gasteiger partial charge >= 0.3 is 0 Å². The van der Waals surface area contributed by atoms with Gasteiger partial charge in [0.05, 0.1) is 6.54 Å². The highest BCUT2D eigenvalue weighted by molar-refractivity contribution is 5.74. The fourth-order valence-electron chi connectivity index (χ4n) is 1.16. The minimum atomic E-state index is -0.290. The number of aromatic nitrogens is 2. The summed E-state index contributed by atoms with van der Waals surface area (Å²) in [4.78, 5) is 24.9. The summed E-state index contributed by atoms with van der Waals surface area (Å²) in [5, 5.41) is 2.83. The Bertz CT molecular complexity index is 433. The van der Waals surface area contributed by atoms with Gasteiger partial charge in [0, 0.05) is 17.8 Å². The number of carbonyl (C=O) groups excluding carboxylic acids is 1. The summed E-state index contributed by atoms with van der Waals surface area (Å²) in [7, 11) is 0. The highest BCUT2D eigenvalue weighted by Gasteiger charge is 2.07. The van der Waals surface area contributed by atoms with Crippen LogP contribution in [-0.4, -0.2) is 15.8 Å². The number of carbonyl (C=O) groups is 1. The van der Waals surface area contributed by atoms with Crippen molar-refractivity contribution < 1.29 is 4.79 Å². The Morgan fingerprint density at radius 3 is 3.23 bits per heavy atom. The van der Waals surface area contributed by atoms with Crippen LogP contribution in [0.1, 0.15) is 0 Å². The quantitative estimate of drug-likeness (QED) is 0.601. The lowest BCUT2D eigenvalue weighted by atomic mass is 10.3. The van der Waals surface area contributed by atoms with E-state index in [1.165, 1.54) is 12.4 Å². The molecule has 2 heterocycles. The maximum atomic E-state index is 10.8. The Morgan fingerprint density at radius 1 is 1.62 bits per heavy atom. The number of hydrogen-bond acceptors (Lipinski definition) is 4. The molecule has 0 bridgehead atoms. The zero-order valence-electron chi connectivity index (χ0n) is 6.73. The number of allylic oxidation sites excluding steroid dienone is 1. The number of nitrogens with one attached hydrogen (secondary N) is 1. The fraction of sp³-hybridized carbons (Fsp3) is 0.125. The van der Waals surface area contributed by atoms with E-state index in [-0.39, 0.29) is 5.56 Å². The van der Waals surface area contributed by atoms with Crippen LogP contribution in [0.3, 0.4) is 0 Å². The molecule has 1 aromatic rings. The molecule has 0 fully saturated rings. The molecule has 1 aliphatic heterocycles. The van der Waals surface area contributed by atoms with Crippen LogP contribution in [0.4, 0.5) is 5.82 Å². The minimum absolute atomic E-state index is 0.290. The first-order chi connectivity index (χ1) is 6.29. The van der Waals surface area contributed by atoms with Crippen molar-refractivity contribution in [1.29, 1.82) is 0 Å². The van der Waals surface area contributed by atoms with Crippen LogP contribution < -0.4 is 10.9 Å². The first-order valence-electron chi connectivity index (χ1n) is 3.77. The maximum Gasteiger partial charge on any atom is 0.274 e. The van der Waals surface area contributed by atoms with Gasteiger partial charge in [0.2, 0.25) is 0 Å². The van der Waals surface area contributed by atoms with Crippen molar-refractivity contribution in [3.8, 4) is 0 Å². The molecule has 1 aromatic heterocycles. The van der Waals surface area contributed by atoms with Crippen molar-refractivity contribution in [3.05, 3.63) is 34.5 Å². The van der Waals surface area contributed by atoms with Crippen molar-refractivity contribution >= 4 is 12.1 Å². The van der Waals surface area contributed by atoms with E-state index in [4.69, 9.17) is 0 Å². The molecule has 2 rings (SSSR count). The highest BCUT2D eigenvalue weighted by atomic mass is 16.1. The molecule has 0 amide bonds. The molecule has 66 valence electrons. The number of nitrogens with zero attached hydrogens (tertiary/aromatic N) is 2. The van der Waals surface area contributed by atoms with Gasteiger partial charge in [0.15, 0.2) is 0 Å². The van der Waals surface area contributed by atoms with Gasteiger partial charge in [-0.15, -0.1) is 0 Å². The molecule has 0 spiro atoms. The molecule has 13 heavy (non-hydrogen) atoms. The van der Waals surface area contributed by atoms with Gasteiger partial charge in [0.1, 0.15) is 18.4 Å². The van der Waals surface area contributed by atoms with Crippen molar-refractivity contribution in [2.45, 2.75) is 6.54 Å². The second-order valence-corrected chi connectivity index (χ2v) is 2.72. The van der Waals surface area contributed by atoms with Crippen LogP contribution in [0.25, 0.3) is 0 Å². The Labute approximate surface area is 73.7 Å². The van der Waals surface area contributed by atoms with E-state index in [0.29, 0.717) is 17.9 Å². The number of fused-ring (bicyclic) bond motifs is 1. The standard InChI is InChI=1S/C8H7N3O2/c12-4-6-2-9-7-1-8(13)10-5-11(7)3-6/h1-2,4-5,9H,3H2. The van der Waals surface area contributed by atoms with Crippen molar-refractivity contribution in [2.75, 3.05) is 5.32 Å². The Morgan fingerprint density at radius 2 is 2.46 bits per heavy atom. The molecular weight excluding hydrogens is 170 g/mol. The van der Waals surface area contributed by atoms with E-state index in [1.54, 1.807) is 10.8 Å². The first-order valence-corrected chi connectivity index (χ1v) is 3.77. The molecule has 0 aromatic carbocycles. The molecule has 0 atom stereocenters.